The average molecular weight is 341 g/mol. The van der Waals surface area contributed by atoms with E-state index < -0.39 is 6.10 Å². The van der Waals surface area contributed by atoms with Crippen LogP contribution >= 0.6 is 15.9 Å². The van der Waals surface area contributed by atoms with Crippen molar-refractivity contribution in [3.05, 3.63) is 28.2 Å². The van der Waals surface area contributed by atoms with Crippen LogP contribution in [-0.2, 0) is 4.79 Å². The largest absolute Gasteiger partial charge is 0.389 e. The summed E-state index contributed by atoms with van der Waals surface area (Å²) in [5, 5.41) is 9.67. The Hall–Kier alpha value is -1.07. The standard InChI is InChI=1S/C15H21BrN2O2/c1-10(19)13-7-6-12(8-14(13)16)18(9-15(17)20)11-4-2-3-5-11/h6-8,10-11,19H,2-5,9H2,1H3,(H2,17,20)/t10-/m1/s1. The molecule has 3 N–H and O–H groups in total. The maximum absolute atomic E-state index is 11.3. The highest BCUT2D eigenvalue weighted by Gasteiger charge is 2.24. The number of primary amides is 1. The summed E-state index contributed by atoms with van der Waals surface area (Å²) in [5.74, 6) is -0.312. The molecule has 5 heteroatoms. The van der Waals surface area contributed by atoms with Crippen LogP contribution in [0.3, 0.4) is 0 Å². The van der Waals surface area contributed by atoms with Crippen molar-refractivity contribution in [1.82, 2.24) is 0 Å². The Bertz CT molecular complexity index is 485. The van der Waals surface area contributed by atoms with E-state index >= 15 is 0 Å². The van der Waals surface area contributed by atoms with Gasteiger partial charge in [0.25, 0.3) is 0 Å². The van der Waals surface area contributed by atoms with Gasteiger partial charge in [-0.05, 0) is 37.5 Å². The predicted molar refractivity (Wildman–Crippen MR) is 83.6 cm³/mol. The molecule has 1 saturated carbocycles. The number of halogens is 1. The molecule has 0 radical (unpaired) electrons. The van der Waals surface area contributed by atoms with Gasteiger partial charge in [0.15, 0.2) is 0 Å². The van der Waals surface area contributed by atoms with Gasteiger partial charge in [-0.25, -0.2) is 0 Å². The normalized spacial score (nSPS) is 17.1. The molecule has 0 unspecified atom stereocenters. The van der Waals surface area contributed by atoms with Gasteiger partial charge in [0.05, 0.1) is 12.6 Å². The van der Waals surface area contributed by atoms with Crippen LogP contribution in [0.2, 0.25) is 0 Å². The lowest BCUT2D eigenvalue weighted by Gasteiger charge is -2.30. The Labute approximate surface area is 128 Å². The topological polar surface area (TPSA) is 66.6 Å². The Morgan fingerprint density at radius 1 is 1.50 bits per heavy atom. The van der Waals surface area contributed by atoms with E-state index in [0.29, 0.717) is 6.04 Å². The van der Waals surface area contributed by atoms with Crippen molar-refractivity contribution in [2.75, 3.05) is 11.4 Å². The number of nitrogens with zero attached hydrogens (tertiary/aromatic N) is 1. The summed E-state index contributed by atoms with van der Waals surface area (Å²) in [5.41, 5.74) is 7.21. The lowest BCUT2D eigenvalue weighted by molar-refractivity contribution is -0.116. The molecule has 1 aromatic rings. The zero-order valence-corrected chi connectivity index (χ0v) is 13.3. The van der Waals surface area contributed by atoms with Crippen molar-refractivity contribution in [3.8, 4) is 0 Å². The molecule has 1 fully saturated rings. The molecule has 0 aliphatic heterocycles. The molecule has 0 saturated heterocycles. The number of aliphatic hydroxyl groups excluding tert-OH is 1. The zero-order chi connectivity index (χ0) is 14.7. The summed E-state index contributed by atoms with van der Waals surface area (Å²) in [6.45, 7) is 1.98. The van der Waals surface area contributed by atoms with Crippen LogP contribution in [0.5, 0.6) is 0 Å². The molecule has 0 spiro atoms. The molecule has 0 bridgehead atoms. The lowest BCUT2D eigenvalue weighted by atomic mass is 10.1. The first kappa shape index (κ1) is 15.3. The summed E-state index contributed by atoms with van der Waals surface area (Å²) >= 11 is 3.49. The van der Waals surface area contributed by atoms with E-state index in [1.54, 1.807) is 6.92 Å². The number of carbonyl (C=O) groups excluding carboxylic acids is 1. The first-order valence-corrected chi connectivity index (χ1v) is 7.81. The molecule has 0 aromatic heterocycles. The van der Waals surface area contributed by atoms with Crippen LogP contribution in [-0.4, -0.2) is 23.6 Å². The quantitative estimate of drug-likeness (QED) is 0.865. The Kier molecular flexibility index (Phi) is 5.05. The summed E-state index contributed by atoms with van der Waals surface area (Å²) in [7, 11) is 0. The fourth-order valence-electron chi connectivity index (χ4n) is 2.85. The molecule has 1 atom stereocenters. The van der Waals surface area contributed by atoms with E-state index in [1.807, 2.05) is 18.2 Å². The van der Waals surface area contributed by atoms with Crippen LogP contribution in [0.25, 0.3) is 0 Å². The lowest BCUT2D eigenvalue weighted by Crippen LogP contribution is -2.40. The van der Waals surface area contributed by atoms with E-state index in [9.17, 15) is 9.90 Å². The van der Waals surface area contributed by atoms with Crippen molar-refractivity contribution < 1.29 is 9.90 Å². The maximum Gasteiger partial charge on any atom is 0.236 e. The molecule has 0 heterocycles. The molecule has 4 nitrogen and oxygen atoms in total. The van der Waals surface area contributed by atoms with Crippen LogP contribution in [0, 0.1) is 0 Å². The van der Waals surface area contributed by atoms with Crippen molar-refractivity contribution in [2.24, 2.45) is 5.73 Å². The zero-order valence-electron chi connectivity index (χ0n) is 11.7. The smallest absolute Gasteiger partial charge is 0.236 e. The molecule has 1 amide bonds. The van der Waals surface area contributed by atoms with Gasteiger partial charge in [-0.3, -0.25) is 4.79 Å². The Morgan fingerprint density at radius 2 is 2.15 bits per heavy atom. The fraction of sp³-hybridized carbons (Fsp3) is 0.533. The van der Waals surface area contributed by atoms with E-state index in [4.69, 9.17) is 5.73 Å². The molecule has 1 aromatic carbocycles. The minimum atomic E-state index is -0.519. The van der Waals surface area contributed by atoms with E-state index in [0.717, 1.165) is 28.6 Å². The third-order valence-electron chi connectivity index (χ3n) is 3.86. The number of aliphatic hydroxyl groups is 1. The van der Waals surface area contributed by atoms with Gasteiger partial charge in [0.2, 0.25) is 5.91 Å². The second-order valence-electron chi connectivity index (χ2n) is 5.41. The minimum absolute atomic E-state index is 0.241. The Morgan fingerprint density at radius 3 is 2.65 bits per heavy atom. The average Bonchev–Trinajstić information content (AvgIpc) is 2.88. The third kappa shape index (κ3) is 3.52. The molecular weight excluding hydrogens is 320 g/mol. The number of nitrogens with two attached hydrogens (primary N) is 1. The number of carbonyl (C=O) groups is 1. The first-order chi connectivity index (χ1) is 9.49. The fourth-order valence-corrected chi connectivity index (χ4v) is 3.55. The van der Waals surface area contributed by atoms with Crippen molar-refractivity contribution in [1.29, 1.82) is 0 Å². The highest BCUT2D eigenvalue weighted by molar-refractivity contribution is 9.10. The molecule has 110 valence electrons. The molecular formula is C15H21BrN2O2. The summed E-state index contributed by atoms with van der Waals surface area (Å²) < 4.78 is 0.859. The number of amides is 1. The molecule has 1 aliphatic carbocycles. The van der Waals surface area contributed by atoms with Gasteiger partial charge in [0, 0.05) is 16.2 Å². The van der Waals surface area contributed by atoms with Crippen molar-refractivity contribution in [2.45, 2.75) is 44.8 Å². The highest BCUT2D eigenvalue weighted by Crippen LogP contribution is 2.32. The van der Waals surface area contributed by atoms with Gasteiger partial charge in [0.1, 0.15) is 0 Å². The molecule has 2 rings (SSSR count). The summed E-state index contributed by atoms with van der Waals surface area (Å²) in [6, 6.07) is 6.19. The second-order valence-corrected chi connectivity index (χ2v) is 6.27. The summed E-state index contributed by atoms with van der Waals surface area (Å²) in [6.07, 6.45) is 4.08. The monoisotopic (exact) mass is 340 g/mol. The minimum Gasteiger partial charge on any atom is -0.389 e. The van der Waals surface area contributed by atoms with Crippen LogP contribution in [0.1, 0.15) is 44.3 Å². The predicted octanol–water partition coefficient (Wildman–Crippen LogP) is 2.74. The Balaban J connectivity index is 2.28. The number of hydrogen-bond acceptors (Lipinski definition) is 3. The summed E-state index contributed by atoms with van der Waals surface area (Å²) in [4.78, 5) is 13.4. The number of benzene rings is 1. The van der Waals surface area contributed by atoms with Gasteiger partial charge >= 0.3 is 0 Å². The van der Waals surface area contributed by atoms with Crippen LogP contribution in [0.15, 0.2) is 22.7 Å². The number of hydrogen-bond donors (Lipinski definition) is 2. The first-order valence-electron chi connectivity index (χ1n) is 7.01. The van der Waals surface area contributed by atoms with Crippen molar-refractivity contribution >= 4 is 27.5 Å². The van der Waals surface area contributed by atoms with Gasteiger partial charge in [-0.15, -0.1) is 0 Å². The van der Waals surface area contributed by atoms with Crippen LogP contribution < -0.4 is 10.6 Å². The van der Waals surface area contributed by atoms with Gasteiger partial charge in [-0.1, -0.05) is 34.8 Å². The second kappa shape index (κ2) is 6.59. The molecule has 1 aliphatic rings. The maximum atomic E-state index is 11.3. The molecule has 20 heavy (non-hydrogen) atoms. The van der Waals surface area contributed by atoms with E-state index in [-0.39, 0.29) is 12.5 Å². The van der Waals surface area contributed by atoms with Crippen LogP contribution in [0.4, 0.5) is 5.69 Å². The SMILES string of the molecule is C[C@@H](O)c1ccc(N(CC(N)=O)C2CCCC2)cc1Br. The highest BCUT2D eigenvalue weighted by atomic mass is 79.9. The van der Waals surface area contributed by atoms with Crippen molar-refractivity contribution in [3.63, 3.8) is 0 Å². The van der Waals surface area contributed by atoms with E-state index in [1.165, 1.54) is 12.8 Å². The number of anilines is 1. The van der Waals surface area contributed by atoms with E-state index in [2.05, 4.69) is 20.8 Å². The third-order valence-corrected chi connectivity index (χ3v) is 4.54. The van der Waals surface area contributed by atoms with Gasteiger partial charge < -0.3 is 15.7 Å². The van der Waals surface area contributed by atoms with Gasteiger partial charge in [-0.2, -0.15) is 0 Å². The number of rotatable bonds is 5.